The first-order valence-corrected chi connectivity index (χ1v) is 5.40. The van der Waals surface area contributed by atoms with Gasteiger partial charge in [-0.2, -0.15) is 10.1 Å². The number of halogens is 1. The van der Waals surface area contributed by atoms with E-state index < -0.39 is 5.82 Å². The van der Waals surface area contributed by atoms with Gasteiger partial charge >= 0.3 is 0 Å². The number of hydrogen-bond acceptors (Lipinski definition) is 2. The second-order valence-corrected chi connectivity index (χ2v) is 4.23. The highest BCUT2D eigenvalue weighted by molar-refractivity contribution is 6.08. The highest BCUT2D eigenvalue weighted by atomic mass is 19.1. The van der Waals surface area contributed by atoms with Crippen molar-refractivity contribution in [2.45, 2.75) is 12.8 Å². The van der Waals surface area contributed by atoms with E-state index in [1.807, 2.05) is 0 Å². The van der Waals surface area contributed by atoms with Gasteiger partial charge in [0.2, 0.25) is 0 Å². The Morgan fingerprint density at radius 3 is 2.75 bits per heavy atom. The van der Waals surface area contributed by atoms with E-state index in [1.54, 1.807) is 24.4 Å². The Bertz CT molecular complexity index is 468. The molecule has 3 rings (SSSR count). The summed E-state index contributed by atoms with van der Waals surface area (Å²) in [6.45, 7) is 0. The standard InChI is InChI=1S/C12H11FN2O/c13-10-3-1-2-4-11(10)15-12(16)9(7-14-15)8-5-6-8/h1-4,7-9H,5-6H2. The van der Waals surface area contributed by atoms with Gasteiger partial charge in [-0.15, -0.1) is 0 Å². The van der Waals surface area contributed by atoms with Crippen LogP contribution in [0.25, 0.3) is 0 Å². The summed E-state index contributed by atoms with van der Waals surface area (Å²) in [6.07, 6.45) is 3.80. The first-order valence-electron chi connectivity index (χ1n) is 5.40. The number of hydrogen-bond donors (Lipinski definition) is 0. The number of para-hydroxylation sites is 1. The van der Waals surface area contributed by atoms with Crippen LogP contribution in [0.15, 0.2) is 29.4 Å². The van der Waals surface area contributed by atoms with Crippen molar-refractivity contribution in [1.29, 1.82) is 0 Å². The smallest absolute Gasteiger partial charge is 0.256 e. The Morgan fingerprint density at radius 1 is 1.31 bits per heavy atom. The van der Waals surface area contributed by atoms with Crippen LogP contribution < -0.4 is 5.01 Å². The maximum absolute atomic E-state index is 13.5. The first kappa shape index (κ1) is 9.51. The molecule has 0 radical (unpaired) electrons. The van der Waals surface area contributed by atoms with Crippen LogP contribution in [0.4, 0.5) is 10.1 Å². The summed E-state index contributed by atoms with van der Waals surface area (Å²) < 4.78 is 13.5. The van der Waals surface area contributed by atoms with Gasteiger partial charge in [-0.25, -0.2) is 4.39 Å². The SMILES string of the molecule is O=C1C(C2CC2)C=NN1c1ccccc1F. The van der Waals surface area contributed by atoms with Gasteiger partial charge < -0.3 is 0 Å². The van der Waals surface area contributed by atoms with Crippen molar-refractivity contribution < 1.29 is 9.18 Å². The number of nitrogens with zero attached hydrogens (tertiary/aromatic N) is 2. The lowest BCUT2D eigenvalue weighted by Crippen LogP contribution is -2.27. The normalized spacial score (nSPS) is 24.2. The van der Waals surface area contributed by atoms with Crippen LogP contribution in [0.3, 0.4) is 0 Å². The first-order chi connectivity index (χ1) is 7.77. The quantitative estimate of drug-likeness (QED) is 0.748. The van der Waals surface area contributed by atoms with E-state index in [-0.39, 0.29) is 17.5 Å². The number of hydrazone groups is 1. The van der Waals surface area contributed by atoms with Crippen molar-refractivity contribution in [1.82, 2.24) is 0 Å². The minimum absolute atomic E-state index is 0.104. The van der Waals surface area contributed by atoms with Gasteiger partial charge in [0.1, 0.15) is 11.5 Å². The zero-order chi connectivity index (χ0) is 11.1. The number of rotatable bonds is 2. The van der Waals surface area contributed by atoms with Crippen molar-refractivity contribution in [3.8, 4) is 0 Å². The van der Waals surface area contributed by atoms with E-state index in [4.69, 9.17) is 0 Å². The number of anilines is 1. The maximum atomic E-state index is 13.5. The second kappa shape index (κ2) is 3.40. The summed E-state index contributed by atoms with van der Waals surface area (Å²) in [6, 6.07) is 6.20. The summed E-state index contributed by atoms with van der Waals surface area (Å²) in [5.41, 5.74) is 0.243. The largest absolute Gasteiger partial charge is 0.272 e. The lowest BCUT2D eigenvalue weighted by atomic mass is 10.1. The zero-order valence-electron chi connectivity index (χ0n) is 8.64. The summed E-state index contributed by atoms with van der Waals surface area (Å²) in [7, 11) is 0. The summed E-state index contributed by atoms with van der Waals surface area (Å²) in [4.78, 5) is 12.0. The van der Waals surface area contributed by atoms with E-state index in [0.717, 1.165) is 12.8 Å². The molecule has 16 heavy (non-hydrogen) atoms. The molecular weight excluding hydrogens is 207 g/mol. The molecule has 1 unspecified atom stereocenters. The molecule has 1 atom stereocenters. The van der Waals surface area contributed by atoms with E-state index >= 15 is 0 Å². The Labute approximate surface area is 92.6 Å². The molecule has 1 saturated carbocycles. The molecule has 4 heteroatoms. The number of amides is 1. The van der Waals surface area contributed by atoms with Gasteiger partial charge in [0, 0.05) is 6.21 Å². The average Bonchev–Trinajstić information content (AvgIpc) is 3.05. The van der Waals surface area contributed by atoms with E-state index in [1.165, 1.54) is 11.1 Å². The van der Waals surface area contributed by atoms with E-state index in [2.05, 4.69) is 5.10 Å². The van der Waals surface area contributed by atoms with Gasteiger partial charge in [-0.3, -0.25) is 4.79 Å². The average molecular weight is 218 g/mol. The molecule has 1 amide bonds. The summed E-state index contributed by atoms with van der Waals surface area (Å²) in [5, 5.41) is 5.19. The molecule has 0 saturated heterocycles. The monoisotopic (exact) mass is 218 g/mol. The molecule has 0 bridgehead atoms. The number of carbonyl (C=O) groups excluding carboxylic acids is 1. The fourth-order valence-corrected chi connectivity index (χ4v) is 1.98. The molecule has 2 aliphatic rings. The minimum atomic E-state index is -0.413. The van der Waals surface area contributed by atoms with Crippen molar-refractivity contribution in [2.24, 2.45) is 16.9 Å². The minimum Gasteiger partial charge on any atom is -0.272 e. The van der Waals surface area contributed by atoms with Crippen molar-refractivity contribution in [2.75, 3.05) is 5.01 Å². The Balaban J connectivity index is 1.90. The molecule has 3 nitrogen and oxygen atoms in total. The highest BCUT2D eigenvalue weighted by Gasteiger charge is 2.41. The predicted octanol–water partition coefficient (Wildman–Crippen LogP) is 2.18. The molecule has 1 aromatic carbocycles. The van der Waals surface area contributed by atoms with Gasteiger partial charge in [0.05, 0.1) is 5.92 Å². The third-order valence-electron chi connectivity index (χ3n) is 3.05. The van der Waals surface area contributed by atoms with E-state index in [9.17, 15) is 9.18 Å². The van der Waals surface area contributed by atoms with Crippen molar-refractivity contribution >= 4 is 17.8 Å². The van der Waals surface area contributed by atoms with Crippen molar-refractivity contribution in [3.63, 3.8) is 0 Å². The summed E-state index contributed by atoms with van der Waals surface area (Å²) >= 11 is 0. The van der Waals surface area contributed by atoms with Crippen LogP contribution >= 0.6 is 0 Å². The van der Waals surface area contributed by atoms with Crippen LogP contribution in [0, 0.1) is 17.7 Å². The molecule has 0 N–H and O–H groups in total. The molecule has 1 aliphatic heterocycles. The Morgan fingerprint density at radius 2 is 2.06 bits per heavy atom. The third-order valence-corrected chi connectivity index (χ3v) is 3.05. The van der Waals surface area contributed by atoms with Crippen LogP contribution in [0.2, 0.25) is 0 Å². The van der Waals surface area contributed by atoms with Gasteiger partial charge in [0.25, 0.3) is 5.91 Å². The maximum Gasteiger partial charge on any atom is 0.256 e. The zero-order valence-corrected chi connectivity index (χ0v) is 8.64. The molecule has 0 aromatic heterocycles. The third kappa shape index (κ3) is 1.41. The summed E-state index contributed by atoms with van der Waals surface area (Å²) in [5.74, 6) is -0.232. The predicted molar refractivity (Wildman–Crippen MR) is 58.6 cm³/mol. The van der Waals surface area contributed by atoms with Crippen LogP contribution in [-0.2, 0) is 4.79 Å². The topological polar surface area (TPSA) is 32.7 Å². The van der Waals surface area contributed by atoms with E-state index in [0.29, 0.717) is 5.92 Å². The van der Waals surface area contributed by atoms with Gasteiger partial charge in [-0.1, -0.05) is 12.1 Å². The number of benzene rings is 1. The fourth-order valence-electron chi connectivity index (χ4n) is 1.98. The lowest BCUT2D eigenvalue weighted by Gasteiger charge is -2.14. The molecule has 1 aromatic rings. The lowest BCUT2D eigenvalue weighted by molar-refractivity contribution is -0.120. The number of carbonyl (C=O) groups is 1. The van der Waals surface area contributed by atoms with Crippen LogP contribution in [-0.4, -0.2) is 12.1 Å². The van der Waals surface area contributed by atoms with Gasteiger partial charge in [0.15, 0.2) is 0 Å². The molecule has 1 heterocycles. The van der Waals surface area contributed by atoms with Gasteiger partial charge in [-0.05, 0) is 30.9 Å². The molecule has 0 spiro atoms. The molecule has 1 fully saturated rings. The fraction of sp³-hybridized carbons (Fsp3) is 0.333. The second-order valence-electron chi connectivity index (χ2n) is 4.23. The van der Waals surface area contributed by atoms with Crippen LogP contribution in [0.5, 0.6) is 0 Å². The Hall–Kier alpha value is -1.71. The van der Waals surface area contributed by atoms with Crippen LogP contribution in [0.1, 0.15) is 12.8 Å². The Kier molecular flexibility index (Phi) is 2.02. The molecular formula is C12H11FN2O. The highest BCUT2D eigenvalue weighted by Crippen LogP contribution is 2.39. The van der Waals surface area contributed by atoms with Crippen molar-refractivity contribution in [3.05, 3.63) is 30.1 Å². The molecule has 1 aliphatic carbocycles. The molecule has 82 valence electrons.